The van der Waals surface area contributed by atoms with Crippen LogP contribution in [0.2, 0.25) is 5.02 Å². The van der Waals surface area contributed by atoms with Crippen molar-refractivity contribution in [2.24, 2.45) is 0 Å². The van der Waals surface area contributed by atoms with E-state index >= 15 is 0 Å². The highest BCUT2D eigenvalue weighted by Gasteiger charge is 2.11. The second kappa shape index (κ2) is 5.46. The van der Waals surface area contributed by atoms with Gasteiger partial charge in [0.2, 0.25) is 0 Å². The summed E-state index contributed by atoms with van der Waals surface area (Å²) in [4.78, 5) is 20.0. The first-order valence-corrected chi connectivity index (χ1v) is 6.28. The van der Waals surface area contributed by atoms with Gasteiger partial charge in [-0.15, -0.1) is 0 Å². The fourth-order valence-electron chi connectivity index (χ4n) is 1.33. The van der Waals surface area contributed by atoms with Gasteiger partial charge in [0.1, 0.15) is 5.82 Å². The SMILES string of the molecule is Cc1cc(Cl)c(C(=O)Nc2ccc(Br)cn2)cn1. The monoisotopic (exact) mass is 325 g/mol. The maximum atomic E-state index is 11.9. The number of nitrogens with zero attached hydrogens (tertiary/aromatic N) is 2. The number of halogens is 2. The van der Waals surface area contributed by atoms with Crippen LogP contribution in [0.15, 0.2) is 35.1 Å². The van der Waals surface area contributed by atoms with Gasteiger partial charge in [-0.05, 0) is 41.1 Å². The summed E-state index contributed by atoms with van der Waals surface area (Å²) in [6, 6.07) is 5.13. The van der Waals surface area contributed by atoms with Gasteiger partial charge in [0.05, 0.1) is 10.6 Å². The van der Waals surface area contributed by atoms with Crippen LogP contribution in [0.5, 0.6) is 0 Å². The number of aromatic nitrogens is 2. The van der Waals surface area contributed by atoms with E-state index in [-0.39, 0.29) is 5.91 Å². The Morgan fingerprint density at radius 1 is 1.33 bits per heavy atom. The van der Waals surface area contributed by atoms with Gasteiger partial charge in [-0.1, -0.05) is 11.6 Å². The van der Waals surface area contributed by atoms with E-state index in [1.807, 2.05) is 6.92 Å². The van der Waals surface area contributed by atoms with Crippen molar-refractivity contribution >= 4 is 39.3 Å². The van der Waals surface area contributed by atoms with Crippen LogP contribution < -0.4 is 5.32 Å². The number of hydrogen-bond donors (Lipinski definition) is 1. The number of carbonyl (C=O) groups is 1. The van der Waals surface area contributed by atoms with E-state index in [0.29, 0.717) is 16.4 Å². The van der Waals surface area contributed by atoms with E-state index < -0.39 is 0 Å². The molecule has 1 amide bonds. The number of pyridine rings is 2. The van der Waals surface area contributed by atoms with Crippen LogP contribution in [0.3, 0.4) is 0 Å². The Kier molecular flexibility index (Phi) is 3.93. The van der Waals surface area contributed by atoms with Gasteiger partial charge in [0.15, 0.2) is 0 Å². The highest BCUT2D eigenvalue weighted by Crippen LogP contribution is 2.17. The lowest BCUT2D eigenvalue weighted by Crippen LogP contribution is -2.13. The van der Waals surface area contributed by atoms with Gasteiger partial charge in [0, 0.05) is 22.6 Å². The molecule has 0 unspecified atom stereocenters. The molecule has 2 heterocycles. The predicted octanol–water partition coefficient (Wildman–Crippen LogP) is 3.45. The summed E-state index contributed by atoms with van der Waals surface area (Å²) in [6.45, 7) is 1.81. The molecule has 0 aromatic carbocycles. The van der Waals surface area contributed by atoms with Crippen molar-refractivity contribution in [3.05, 3.63) is 51.3 Å². The van der Waals surface area contributed by atoms with Crippen molar-refractivity contribution in [1.82, 2.24) is 9.97 Å². The van der Waals surface area contributed by atoms with Crippen LogP contribution in [0.25, 0.3) is 0 Å². The molecule has 0 aliphatic carbocycles. The molecule has 0 saturated heterocycles. The number of anilines is 1. The van der Waals surface area contributed by atoms with E-state index in [9.17, 15) is 4.79 Å². The molecular weight excluding hydrogens is 318 g/mol. The largest absolute Gasteiger partial charge is 0.306 e. The summed E-state index contributed by atoms with van der Waals surface area (Å²) < 4.78 is 0.843. The molecule has 4 nitrogen and oxygen atoms in total. The summed E-state index contributed by atoms with van der Waals surface area (Å²) in [5, 5.41) is 3.02. The maximum Gasteiger partial charge on any atom is 0.259 e. The lowest BCUT2D eigenvalue weighted by Gasteiger charge is -2.06. The zero-order chi connectivity index (χ0) is 13.1. The van der Waals surface area contributed by atoms with E-state index in [1.165, 1.54) is 6.20 Å². The molecule has 6 heteroatoms. The summed E-state index contributed by atoms with van der Waals surface area (Å²) in [5.74, 6) is 0.127. The first-order valence-electron chi connectivity index (χ1n) is 5.11. The molecule has 2 rings (SSSR count). The fraction of sp³-hybridized carbons (Fsp3) is 0.0833. The van der Waals surface area contributed by atoms with Crippen molar-refractivity contribution in [3.63, 3.8) is 0 Å². The van der Waals surface area contributed by atoms with Crippen LogP contribution in [0.1, 0.15) is 16.1 Å². The molecule has 0 saturated carbocycles. The van der Waals surface area contributed by atoms with Crippen LogP contribution in [-0.2, 0) is 0 Å². The molecule has 0 atom stereocenters. The summed E-state index contributed by atoms with van der Waals surface area (Å²) in [5.41, 5.74) is 1.09. The number of carbonyl (C=O) groups excluding carboxylic acids is 1. The standard InChI is InChI=1S/C12H9BrClN3O/c1-7-4-10(14)9(6-15-7)12(18)17-11-3-2-8(13)5-16-11/h2-6H,1H3,(H,16,17,18). The first kappa shape index (κ1) is 13.0. The topological polar surface area (TPSA) is 54.9 Å². The van der Waals surface area contributed by atoms with Gasteiger partial charge in [0.25, 0.3) is 5.91 Å². The van der Waals surface area contributed by atoms with Crippen LogP contribution >= 0.6 is 27.5 Å². The number of rotatable bonds is 2. The van der Waals surface area contributed by atoms with Gasteiger partial charge in [-0.25, -0.2) is 4.98 Å². The quantitative estimate of drug-likeness (QED) is 0.919. The van der Waals surface area contributed by atoms with E-state index in [0.717, 1.165) is 10.2 Å². The zero-order valence-electron chi connectivity index (χ0n) is 9.45. The third-order valence-electron chi connectivity index (χ3n) is 2.20. The molecule has 0 bridgehead atoms. The minimum atomic E-state index is -0.331. The van der Waals surface area contributed by atoms with Gasteiger partial charge < -0.3 is 5.32 Å². The molecule has 0 aliphatic heterocycles. The van der Waals surface area contributed by atoms with Crippen molar-refractivity contribution < 1.29 is 4.79 Å². The first-order chi connectivity index (χ1) is 8.56. The minimum absolute atomic E-state index is 0.326. The van der Waals surface area contributed by atoms with Crippen molar-refractivity contribution in [2.45, 2.75) is 6.92 Å². The number of amides is 1. The van der Waals surface area contributed by atoms with Crippen LogP contribution in [0.4, 0.5) is 5.82 Å². The van der Waals surface area contributed by atoms with Gasteiger partial charge >= 0.3 is 0 Å². The molecule has 92 valence electrons. The van der Waals surface area contributed by atoms with E-state index in [2.05, 4.69) is 31.2 Å². The fourth-order valence-corrected chi connectivity index (χ4v) is 1.85. The Morgan fingerprint density at radius 3 is 2.72 bits per heavy atom. The Morgan fingerprint density at radius 2 is 2.11 bits per heavy atom. The second-order valence-corrected chi connectivity index (χ2v) is 4.94. The molecule has 2 aromatic heterocycles. The molecule has 0 fully saturated rings. The molecule has 18 heavy (non-hydrogen) atoms. The minimum Gasteiger partial charge on any atom is -0.306 e. The van der Waals surface area contributed by atoms with E-state index in [1.54, 1.807) is 24.4 Å². The van der Waals surface area contributed by atoms with Crippen LogP contribution in [-0.4, -0.2) is 15.9 Å². The Bertz CT molecular complexity index is 586. The maximum absolute atomic E-state index is 11.9. The molecule has 0 spiro atoms. The molecule has 1 N–H and O–H groups in total. The Balaban J connectivity index is 2.19. The molecular formula is C12H9BrClN3O. The lowest BCUT2D eigenvalue weighted by atomic mass is 10.2. The third-order valence-corrected chi connectivity index (χ3v) is 2.99. The lowest BCUT2D eigenvalue weighted by molar-refractivity contribution is 0.102. The molecule has 0 aliphatic rings. The Labute approximate surface area is 118 Å². The Hall–Kier alpha value is -1.46. The highest BCUT2D eigenvalue weighted by atomic mass is 79.9. The van der Waals surface area contributed by atoms with Crippen molar-refractivity contribution in [3.8, 4) is 0 Å². The zero-order valence-corrected chi connectivity index (χ0v) is 11.8. The van der Waals surface area contributed by atoms with Gasteiger partial charge in [-0.3, -0.25) is 9.78 Å². The predicted molar refractivity (Wildman–Crippen MR) is 73.9 cm³/mol. The average molecular weight is 327 g/mol. The normalized spacial score (nSPS) is 10.2. The van der Waals surface area contributed by atoms with E-state index in [4.69, 9.17) is 11.6 Å². The summed E-state index contributed by atoms with van der Waals surface area (Å²) in [7, 11) is 0. The third kappa shape index (κ3) is 3.05. The highest BCUT2D eigenvalue weighted by molar-refractivity contribution is 9.10. The van der Waals surface area contributed by atoms with Crippen molar-refractivity contribution in [2.75, 3.05) is 5.32 Å². The summed E-state index contributed by atoms with van der Waals surface area (Å²) in [6.07, 6.45) is 3.05. The second-order valence-electron chi connectivity index (χ2n) is 3.62. The van der Waals surface area contributed by atoms with Crippen molar-refractivity contribution in [1.29, 1.82) is 0 Å². The number of hydrogen-bond acceptors (Lipinski definition) is 3. The molecule has 0 radical (unpaired) electrons. The average Bonchev–Trinajstić information content (AvgIpc) is 2.32. The number of nitrogens with one attached hydrogen (secondary N) is 1. The number of aryl methyl sites for hydroxylation is 1. The van der Waals surface area contributed by atoms with Gasteiger partial charge in [-0.2, -0.15) is 0 Å². The smallest absolute Gasteiger partial charge is 0.259 e. The molecule has 2 aromatic rings. The van der Waals surface area contributed by atoms with Crippen LogP contribution in [0, 0.1) is 6.92 Å². The summed E-state index contributed by atoms with van der Waals surface area (Å²) >= 11 is 9.26.